The minimum Gasteiger partial charge on any atom is -0.392 e. The van der Waals surface area contributed by atoms with E-state index in [1.54, 1.807) is 13.0 Å². The summed E-state index contributed by atoms with van der Waals surface area (Å²) >= 11 is 0. The van der Waals surface area contributed by atoms with E-state index in [2.05, 4.69) is 27.2 Å². The van der Waals surface area contributed by atoms with Crippen molar-refractivity contribution >= 4 is 11.8 Å². The van der Waals surface area contributed by atoms with Crippen LogP contribution in [0.25, 0.3) is 0 Å². The van der Waals surface area contributed by atoms with Gasteiger partial charge in [-0.05, 0) is 13.8 Å². The van der Waals surface area contributed by atoms with Gasteiger partial charge in [-0.3, -0.25) is 19.9 Å². The third-order valence-corrected chi connectivity index (χ3v) is 4.26. The quantitative estimate of drug-likeness (QED) is 0.842. The fraction of sp³-hybridized carbons (Fsp3) is 0.765. The molecular formula is C17H30N4O3. The summed E-state index contributed by atoms with van der Waals surface area (Å²) in [6.45, 7) is 13.6. The molecule has 2 N–H and O–H groups in total. The zero-order valence-corrected chi connectivity index (χ0v) is 15.4. The van der Waals surface area contributed by atoms with Crippen LogP contribution in [0.2, 0.25) is 0 Å². The molecule has 1 fully saturated rings. The Kier molecular flexibility index (Phi) is 6.01. The van der Waals surface area contributed by atoms with Crippen molar-refractivity contribution < 1.29 is 14.4 Å². The lowest BCUT2D eigenvalue weighted by molar-refractivity contribution is -0.118. The molecule has 7 heteroatoms. The summed E-state index contributed by atoms with van der Waals surface area (Å²) in [5.41, 5.74) is 0.709. The predicted molar refractivity (Wildman–Crippen MR) is 93.0 cm³/mol. The van der Waals surface area contributed by atoms with E-state index in [-0.39, 0.29) is 17.4 Å². The Morgan fingerprint density at radius 1 is 1.50 bits per heavy atom. The van der Waals surface area contributed by atoms with Gasteiger partial charge < -0.3 is 9.63 Å². The van der Waals surface area contributed by atoms with Crippen molar-refractivity contribution in [3.8, 4) is 0 Å². The first kappa shape index (κ1) is 18.9. The number of hydrogen-bond donors (Lipinski definition) is 2. The van der Waals surface area contributed by atoms with Crippen molar-refractivity contribution in [1.82, 2.24) is 15.0 Å². The maximum atomic E-state index is 12.2. The molecule has 1 amide bonds. The standard InChI is InChI=1S/C17H30N4O3/c1-12-9-20(6-7-21(12)10-13(2)22)11-15(23)18-16-8-14(19-24-16)17(3,4)5/h8,12-13,22H,6-7,9-11H2,1-5H3,(H,18,23)/t12-,13+/m1/s1. The Bertz CT molecular complexity index is 550. The van der Waals surface area contributed by atoms with E-state index >= 15 is 0 Å². The van der Waals surface area contributed by atoms with Gasteiger partial charge in [0.25, 0.3) is 0 Å². The third-order valence-electron chi connectivity index (χ3n) is 4.26. The second-order valence-corrected chi connectivity index (χ2v) is 7.80. The van der Waals surface area contributed by atoms with E-state index in [4.69, 9.17) is 4.52 Å². The molecule has 0 aliphatic carbocycles. The van der Waals surface area contributed by atoms with E-state index in [9.17, 15) is 9.90 Å². The lowest BCUT2D eigenvalue weighted by Crippen LogP contribution is -2.54. The van der Waals surface area contributed by atoms with Crippen molar-refractivity contribution in [1.29, 1.82) is 0 Å². The molecule has 24 heavy (non-hydrogen) atoms. The van der Waals surface area contributed by atoms with Gasteiger partial charge in [0, 0.05) is 43.7 Å². The van der Waals surface area contributed by atoms with Crippen LogP contribution in [0.3, 0.4) is 0 Å². The SMILES string of the molecule is C[C@H](O)CN1CCN(CC(=O)Nc2cc(C(C)(C)C)no2)C[C@H]1C. The minimum absolute atomic E-state index is 0.0946. The topological polar surface area (TPSA) is 81.8 Å². The number of nitrogens with one attached hydrogen (secondary N) is 1. The number of hydrogen-bond acceptors (Lipinski definition) is 6. The zero-order valence-electron chi connectivity index (χ0n) is 15.4. The Morgan fingerprint density at radius 3 is 2.75 bits per heavy atom. The van der Waals surface area contributed by atoms with Crippen LogP contribution < -0.4 is 5.32 Å². The molecule has 7 nitrogen and oxygen atoms in total. The summed E-state index contributed by atoms with van der Waals surface area (Å²) in [4.78, 5) is 16.6. The first-order valence-electron chi connectivity index (χ1n) is 8.56. The summed E-state index contributed by atoms with van der Waals surface area (Å²) < 4.78 is 5.20. The second kappa shape index (κ2) is 7.63. The number of aromatic nitrogens is 1. The molecule has 1 aromatic rings. The van der Waals surface area contributed by atoms with Gasteiger partial charge in [0.05, 0.1) is 18.3 Å². The molecule has 0 radical (unpaired) electrons. The molecule has 2 atom stereocenters. The van der Waals surface area contributed by atoms with Gasteiger partial charge in [-0.25, -0.2) is 0 Å². The third kappa shape index (κ3) is 5.29. The molecule has 2 heterocycles. The maximum absolute atomic E-state index is 12.2. The Morgan fingerprint density at radius 2 is 2.21 bits per heavy atom. The van der Waals surface area contributed by atoms with Gasteiger partial charge in [-0.15, -0.1) is 0 Å². The number of piperazine rings is 1. The van der Waals surface area contributed by atoms with E-state index < -0.39 is 0 Å². The van der Waals surface area contributed by atoms with E-state index in [1.807, 2.05) is 20.8 Å². The lowest BCUT2D eigenvalue weighted by Gasteiger charge is -2.40. The Hall–Kier alpha value is -1.44. The molecule has 136 valence electrons. The molecule has 0 saturated carbocycles. The van der Waals surface area contributed by atoms with Crippen molar-refractivity contribution in [3.05, 3.63) is 11.8 Å². The minimum atomic E-state index is -0.328. The molecule has 1 saturated heterocycles. The summed E-state index contributed by atoms with van der Waals surface area (Å²) in [7, 11) is 0. The van der Waals surface area contributed by atoms with Gasteiger partial charge >= 0.3 is 0 Å². The average molecular weight is 338 g/mol. The van der Waals surface area contributed by atoms with E-state index in [1.165, 1.54) is 0 Å². The van der Waals surface area contributed by atoms with Crippen molar-refractivity contribution in [2.75, 3.05) is 38.0 Å². The molecule has 0 bridgehead atoms. The van der Waals surface area contributed by atoms with Gasteiger partial charge in [0.15, 0.2) is 0 Å². The maximum Gasteiger partial charge on any atom is 0.240 e. The van der Waals surface area contributed by atoms with Crippen LogP contribution in [0, 0.1) is 0 Å². The van der Waals surface area contributed by atoms with Crippen molar-refractivity contribution in [3.63, 3.8) is 0 Å². The fourth-order valence-corrected chi connectivity index (χ4v) is 2.89. The van der Waals surface area contributed by atoms with Crippen LogP contribution in [-0.2, 0) is 10.2 Å². The highest BCUT2D eigenvalue weighted by atomic mass is 16.5. The number of carbonyl (C=O) groups excluding carboxylic acids is 1. The monoisotopic (exact) mass is 338 g/mol. The molecule has 0 unspecified atom stereocenters. The van der Waals surface area contributed by atoms with E-state index in [0.717, 1.165) is 25.3 Å². The summed E-state index contributed by atoms with van der Waals surface area (Å²) in [5, 5.41) is 16.3. The number of anilines is 1. The number of nitrogens with zero attached hydrogens (tertiary/aromatic N) is 3. The van der Waals surface area contributed by atoms with Crippen molar-refractivity contribution in [2.45, 2.75) is 52.2 Å². The van der Waals surface area contributed by atoms with Gasteiger partial charge in [-0.1, -0.05) is 25.9 Å². The number of aliphatic hydroxyl groups is 1. The van der Waals surface area contributed by atoms with Gasteiger partial charge in [0.1, 0.15) is 0 Å². The summed E-state index contributed by atoms with van der Waals surface area (Å²) in [5.74, 6) is 0.300. The van der Waals surface area contributed by atoms with E-state index in [0.29, 0.717) is 25.0 Å². The average Bonchev–Trinajstić information content (AvgIpc) is 2.90. The van der Waals surface area contributed by atoms with Gasteiger partial charge in [0.2, 0.25) is 11.8 Å². The molecule has 1 aromatic heterocycles. The number of β-amino-alcohol motifs (C(OH)–C–C–N with tert-alkyl or cyclic N) is 1. The first-order valence-corrected chi connectivity index (χ1v) is 8.56. The summed E-state index contributed by atoms with van der Waals surface area (Å²) in [6, 6.07) is 2.10. The summed E-state index contributed by atoms with van der Waals surface area (Å²) in [6.07, 6.45) is -0.328. The molecule has 0 spiro atoms. The van der Waals surface area contributed by atoms with Crippen LogP contribution >= 0.6 is 0 Å². The predicted octanol–water partition coefficient (Wildman–Crippen LogP) is 1.30. The van der Waals surface area contributed by atoms with Crippen molar-refractivity contribution in [2.24, 2.45) is 0 Å². The number of carbonyl (C=O) groups is 1. The fourth-order valence-electron chi connectivity index (χ4n) is 2.89. The van der Waals surface area contributed by atoms with Crippen LogP contribution in [-0.4, -0.2) is 70.8 Å². The lowest BCUT2D eigenvalue weighted by atomic mass is 9.92. The van der Waals surface area contributed by atoms with Crippen LogP contribution in [0.4, 0.5) is 5.88 Å². The van der Waals surface area contributed by atoms with Crippen LogP contribution in [0.5, 0.6) is 0 Å². The molecule has 2 rings (SSSR count). The molecule has 0 aromatic carbocycles. The Balaban J connectivity index is 1.82. The molecule has 1 aliphatic rings. The number of rotatable bonds is 5. The smallest absolute Gasteiger partial charge is 0.240 e. The number of aliphatic hydroxyl groups excluding tert-OH is 1. The normalized spacial score (nSPS) is 21.7. The van der Waals surface area contributed by atoms with Crippen LogP contribution in [0.15, 0.2) is 10.6 Å². The highest BCUT2D eigenvalue weighted by molar-refractivity contribution is 5.91. The van der Waals surface area contributed by atoms with Crippen LogP contribution in [0.1, 0.15) is 40.3 Å². The molecule has 1 aliphatic heterocycles. The Labute approximate surface area is 144 Å². The second-order valence-electron chi connectivity index (χ2n) is 7.80. The molecular weight excluding hydrogens is 308 g/mol. The zero-order chi connectivity index (χ0) is 17.9. The highest BCUT2D eigenvalue weighted by Gasteiger charge is 2.26. The van der Waals surface area contributed by atoms with Gasteiger partial charge in [-0.2, -0.15) is 0 Å². The number of amides is 1. The largest absolute Gasteiger partial charge is 0.392 e. The highest BCUT2D eigenvalue weighted by Crippen LogP contribution is 2.23. The first-order chi connectivity index (χ1) is 11.1.